The normalized spacial score (nSPS) is 16.7. The van der Waals surface area contributed by atoms with Crippen LogP contribution in [0.4, 0.5) is 0 Å². The number of methoxy groups -OCH3 is 1. The summed E-state index contributed by atoms with van der Waals surface area (Å²) >= 11 is 0. The van der Waals surface area contributed by atoms with E-state index in [-0.39, 0.29) is 0 Å². The molecule has 1 fully saturated rings. The van der Waals surface area contributed by atoms with Gasteiger partial charge in [-0.25, -0.2) is 0 Å². The van der Waals surface area contributed by atoms with E-state index in [2.05, 4.69) is 11.4 Å². The maximum atomic E-state index is 11.3. The standard InChI is InChI=1S/C15H21NO3/c1-11-4-5-13(19-2)12(8-11)9-16-10-15(14(17)18)6-3-7-15/h4-5,8,16H,3,6-7,9-10H2,1-2H3,(H,17,18). The maximum Gasteiger partial charge on any atom is 0.310 e. The monoisotopic (exact) mass is 263 g/mol. The Morgan fingerprint density at radius 1 is 1.47 bits per heavy atom. The zero-order chi connectivity index (χ0) is 13.9. The minimum absolute atomic E-state index is 0.527. The van der Waals surface area contributed by atoms with Crippen LogP contribution in [0.1, 0.15) is 30.4 Å². The lowest BCUT2D eigenvalue weighted by molar-refractivity contribution is -0.154. The predicted octanol–water partition coefficient (Wildman–Crippen LogP) is 2.35. The van der Waals surface area contributed by atoms with E-state index in [0.29, 0.717) is 13.1 Å². The highest BCUT2D eigenvalue weighted by molar-refractivity contribution is 5.76. The summed E-state index contributed by atoms with van der Waals surface area (Å²) in [6, 6.07) is 6.02. The molecule has 1 aliphatic carbocycles. The number of aliphatic carboxylic acids is 1. The van der Waals surface area contributed by atoms with Crippen molar-refractivity contribution in [2.24, 2.45) is 5.41 Å². The number of ether oxygens (including phenoxy) is 1. The van der Waals surface area contributed by atoms with Gasteiger partial charge in [0.05, 0.1) is 12.5 Å². The summed E-state index contributed by atoms with van der Waals surface area (Å²) in [5, 5.41) is 12.5. The molecule has 1 aromatic carbocycles. The highest BCUT2D eigenvalue weighted by Gasteiger charge is 2.43. The molecule has 4 heteroatoms. The highest BCUT2D eigenvalue weighted by atomic mass is 16.5. The van der Waals surface area contributed by atoms with Crippen LogP contribution in [0.15, 0.2) is 18.2 Å². The zero-order valence-electron chi connectivity index (χ0n) is 11.5. The molecule has 4 nitrogen and oxygen atoms in total. The van der Waals surface area contributed by atoms with E-state index in [1.807, 2.05) is 19.1 Å². The van der Waals surface area contributed by atoms with Gasteiger partial charge in [-0.05, 0) is 25.8 Å². The van der Waals surface area contributed by atoms with Crippen LogP contribution in [0, 0.1) is 12.3 Å². The second-order valence-electron chi connectivity index (χ2n) is 5.36. The number of carboxylic acid groups (broad SMARTS) is 1. The SMILES string of the molecule is COc1ccc(C)cc1CNCC1(C(=O)O)CCC1. The Bertz CT molecular complexity index is 466. The van der Waals surface area contributed by atoms with Gasteiger partial charge in [-0.15, -0.1) is 0 Å². The summed E-state index contributed by atoms with van der Waals surface area (Å²) in [6.45, 7) is 3.20. The zero-order valence-corrected chi connectivity index (χ0v) is 11.5. The molecule has 2 N–H and O–H groups in total. The molecule has 0 spiro atoms. The van der Waals surface area contributed by atoms with E-state index < -0.39 is 11.4 Å². The molecule has 19 heavy (non-hydrogen) atoms. The van der Waals surface area contributed by atoms with Crippen molar-refractivity contribution in [2.75, 3.05) is 13.7 Å². The van der Waals surface area contributed by atoms with Gasteiger partial charge in [0, 0.05) is 18.7 Å². The smallest absolute Gasteiger partial charge is 0.310 e. The van der Waals surface area contributed by atoms with Crippen LogP contribution in [0.25, 0.3) is 0 Å². The third kappa shape index (κ3) is 2.89. The molecule has 0 saturated heterocycles. The Kier molecular flexibility index (Phi) is 4.10. The Hall–Kier alpha value is -1.55. The average molecular weight is 263 g/mol. The minimum atomic E-state index is -0.678. The van der Waals surface area contributed by atoms with E-state index in [1.165, 1.54) is 5.56 Å². The lowest BCUT2D eigenvalue weighted by Crippen LogP contribution is -2.46. The van der Waals surface area contributed by atoms with Crippen molar-refractivity contribution in [1.29, 1.82) is 0 Å². The van der Waals surface area contributed by atoms with Gasteiger partial charge < -0.3 is 15.2 Å². The lowest BCUT2D eigenvalue weighted by Gasteiger charge is -2.37. The third-order valence-electron chi connectivity index (χ3n) is 3.98. The van der Waals surface area contributed by atoms with Gasteiger partial charge >= 0.3 is 5.97 Å². The van der Waals surface area contributed by atoms with Crippen molar-refractivity contribution < 1.29 is 14.6 Å². The number of carbonyl (C=O) groups is 1. The third-order valence-corrected chi connectivity index (χ3v) is 3.98. The summed E-state index contributed by atoms with van der Waals surface area (Å²) in [7, 11) is 1.65. The quantitative estimate of drug-likeness (QED) is 0.827. The van der Waals surface area contributed by atoms with E-state index in [4.69, 9.17) is 4.74 Å². The molecule has 1 aromatic rings. The van der Waals surface area contributed by atoms with Crippen LogP contribution in [-0.4, -0.2) is 24.7 Å². The summed E-state index contributed by atoms with van der Waals surface area (Å²) in [5.74, 6) is 0.165. The fraction of sp³-hybridized carbons (Fsp3) is 0.533. The van der Waals surface area contributed by atoms with Crippen LogP contribution < -0.4 is 10.1 Å². The van der Waals surface area contributed by atoms with Gasteiger partial charge in [0.15, 0.2) is 0 Å². The number of aryl methyl sites for hydroxylation is 1. The molecule has 1 aliphatic rings. The van der Waals surface area contributed by atoms with Crippen molar-refractivity contribution in [3.05, 3.63) is 29.3 Å². The molecular formula is C15H21NO3. The van der Waals surface area contributed by atoms with Crippen molar-refractivity contribution >= 4 is 5.97 Å². The lowest BCUT2D eigenvalue weighted by atomic mass is 9.69. The number of hydrogen-bond acceptors (Lipinski definition) is 3. The van der Waals surface area contributed by atoms with Gasteiger partial charge in [-0.2, -0.15) is 0 Å². The Balaban J connectivity index is 1.95. The summed E-state index contributed by atoms with van der Waals surface area (Å²) in [4.78, 5) is 11.3. The Morgan fingerprint density at radius 2 is 2.21 bits per heavy atom. The van der Waals surface area contributed by atoms with E-state index in [9.17, 15) is 9.90 Å². The Labute approximate surface area is 113 Å². The first kappa shape index (κ1) is 13.9. The van der Waals surface area contributed by atoms with Crippen LogP contribution in [0.2, 0.25) is 0 Å². The second-order valence-corrected chi connectivity index (χ2v) is 5.36. The summed E-state index contributed by atoms with van der Waals surface area (Å²) in [5.41, 5.74) is 1.70. The van der Waals surface area contributed by atoms with Gasteiger partial charge in [0.25, 0.3) is 0 Å². The average Bonchev–Trinajstić information content (AvgIpc) is 2.32. The number of rotatable bonds is 6. The predicted molar refractivity (Wildman–Crippen MR) is 73.4 cm³/mol. The number of nitrogens with one attached hydrogen (secondary N) is 1. The van der Waals surface area contributed by atoms with E-state index >= 15 is 0 Å². The molecule has 1 saturated carbocycles. The molecule has 0 radical (unpaired) electrons. The molecule has 0 aliphatic heterocycles. The fourth-order valence-electron chi connectivity index (χ4n) is 2.55. The minimum Gasteiger partial charge on any atom is -0.496 e. The van der Waals surface area contributed by atoms with Gasteiger partial charge in [0.2, 0.25) is 0 Å². The molecule has 0 heterocycles. The van der Waals surface area contributed by atoms with Crippen molar-refractivity contribution in [2.45, 2.75) is 32.7 Å². The second kappa shape index (κ2) is 5.61. The topological polar surface area (TPSA) is 58.6 Å². The van der Waals surface area contributed by atoms with E-state index in [0.717, 1.165) is 30.6 Å². The summed E-state index contributed by atoms with van der Waals surface area (Å²) < 4.78 is 5.31. The van der Waals surface area contributed by atoms with Gasteiger partial charge in [-0.3, -0.25) is 4.79 Å². The summed E-state index contributed by atoms with van der Waals surface area (Å²) in [6.07, 6.45) is 2.57. The van der Waals surface area contributed by atoms with Crippen LogP contribution in [0.5, 0.6) is 5.75 Å². The highest BCUT2D eigenvalue weighted by Crippen LogP contribution is 2.40. The van der Waals surface area contributed by atoms with Crippen molar-refractivity contribution in [3.8, 4) is 5.75 Å². The molecule has 104 valence electrons. The van der Waals surface area contributed by atoms with Crippen LogP contribution in [0.3, 0.4) is 0 Å². The number of hydrogen-bond donors (Lipinski definition) is 2. The van der Waals surface area contributed by atoms with Crippen molar-refractivity contribution in [1.82, 2.24) is 5.32 Å². The molecule has 2 rings (SSSR count). The maximum absolute atomic E-state index is 11.3. The molecule has 0 amide bonds. The largest absolute Gasteiger partial charge is 0.496 e. The Morgan fingerprint density at radius 3 is 2.74 bits per heavy atom. The van der Waals surface area contributed by atoms with Gasteiger partial charge in [0.1, 0.15) is 5.75 Å². The molecular weight excluding hydrogens is 242 g/mol. The molecule has 0 bridgehead atoms. The molecule has 0 aromatic heterocycles. The van der Waals surface area contributed by atoms with E-state index in [1.54, 1.807) is 7.11 Å². The fourth-order valence-corrected chi connectivity index (χ4v) is 2.55. The van der Waals surface area contributed by atoms with Crippen molar-refractivity contribution in [3.63, 3.8) is 0 Å². The first-order valence-corrected chi connectivity index (χ1v) is 6.65. The number of carboxylic acids is 1. The van der Waals surface area contributed by atoms with Crippen LogP contribution in [-0.2, 0) is 11.3 Å². The molecule has 0 unspecified atom stereocenters. The van der Waals surface area contributed by atoms with Crippen LogP contribution >= 0.6 is 0 Å². The number of benzene rings is 1. The first-order valence-electron chi connectivity index (χ1n) is 6.65. The first-order chi connectivity index (χ1) is 9.07. The molecule has 0 atom stereocenters. The van der Waals surface area contributed by atoms with Gasteiger partial charge in [-0.1, -0.05) is 24.1 Å².